The number of nitrogens with zero attached hydrogens (tertiary/aromatic N) is 1. The molecule has 0 bridgehead atoms. The van der Waals surface area contributed by atoms with E-state index in [9.17, 15) is 0 Å². The van der Waals surface area contributed by atoms with Gasteiger partial charge in [-0.3, -0.25) is 4.99 Å². The molecule has 0 aromatic heterocycles. The van der Waals surface area contributed by atoms with Crippen LogP contribution in [0.2, 0.25) is 0 Å². The molecule has 2 atom stereocenters. The minimum absolute atomic E-state index is 0.276. The van der Waals surface area contributed by atoms with Gasteiger partial charge in [0.1, 0.15) is 0 Å². The molecule has 2 unspecified atom stereocenters. The number of aliphatic imine (C=N–C) groups is 1. The predicted octanol–water partition coefficient (Wildman–Crippen LogP) is 2.72. The van der Waals surface area contributed by atoms with E-state index in [1.165, 1.54) is 25.7 Å². The SMILES string of the molecule is C=CCNC(=NCC1CCCC(CN)C1)Nc1ccc2c(c1)OCO2. The summed E-state index contributed by atoms with van der Waals surface area (Å²) in [5.41, 5.74) is 6.76. The number of nitrogens with one attached hydrogen (secondary N) is 2. The van der Waals surface area contributed by atoms with Gasteiger partial charge >= 0.3 is 0 Å². The van der Waals surface area contributed by atoms with E-state index in [4.69, 9.17) is 20.2 Å². The van der Waals surface area contributed by atoms with E-state index in [0.717, 1.165) is 36.2 Å². The average Bonchev–Trinajstić information content (AvgIpc) is 3.12. The van der Waals surface area contributed by atoms with Crippen LogP contribution in [0.15, 0.2) is 35.8 Å². The van der Waals surface area contributed by atoms with Crippen LogP contribution in [0.5, 0.6) is 11.5 Å². The molecule has 1 aliphatic carbocycles. The summed E-state index contributed by atoms with van der Waals surface area (Å²) in [7, 11) is 0. The Kier molecular flexibility index (Phi) is 6.17. The maximum absolute atomic E-state index is 5.84. The topological polar surface area (TPSA) is 80.9 Å². The van der Waals surface area contributed by atoms with Gasteiger partial charge in [0.25, 0.3) is 0 Å². The summed E-state index contributed by atoms with van der Waals surface area (Å²) < 4.78 is 10.8. The maximum Gasteiger partial charge on any atom is 0.231 e. The number of ether oxygens (including phenoxy) is 2. The Hall–Kier alpha value is -2.21. The van der Waals surface area contributed by atoms with Crippen LogP contribution < -0.4 is 25.8 Å². The number of anilines is 1. The van der Waals surface area contributed by atoms with Crippen molar-refractivity contribution in [1.29, 1.82) is 0 Å². The standard InChI is InChI=1S/C19H28N4O2/c1-2-8-21-19(22-12-15-5-3-4-14(9-15)11-20)23-16-6-7-17-18(10-16)25-13-24-17/h2,6-7,10,14-15H,1,3-5,8-9,11-13,20H2,(H2,21,22,23). The second kappa shape index (κ2) is 8.76. The van der Waals surface area contributed by atoms with Gasteiger partial charge in [-0.2, -0.15) is 0 Å². The van der Waals surface area contributed by atoms with E-state index >= 15 is 0 Å². The molecule has 0 amide bonds. The molecule has 1 fully saturated rings. The Morgan fingerprint density at radius 3 is 2.96 bits per heavy atom. The molecule has 2 aliphatic rings. The van der Waals surface area contributed by atoms with Crippen molar-refractivity contribution >= 4 is 11.6 Å². The van der Waals surface area contributed by atoms with Crippen molar-refractivity contribution in [2.75, 3.05) is 31.7 Å². The monoisotopic (exact) mass is 344 g/mol. The average molecular weight is 344 g/mol. The first-order valence-corrected chi connectivity index (χ1v) is 9.04. The van der Waals surface area contributed by atoms with Crippen LogP contribution in [-0.4, -0.2) is 32.4 Å². The first-order chi connectivity index (χ1) is 12.3. The Labute approximate surface area is 149 Å². The fourth-order valence-corrected chi connectivity index (χ4v) is 3.42. The summed E-state index contributed by atoms with van der Waals surface area (Å²) in [4.78, 5) is 4.78. The van der Waals surface area contributed by atoms with Gasteiger partial charge in [-0.05, 0) is 49.8 Å². The molecule has 6 nitrogen and oxygen atoms in total. The zero-order chi connectivity index (χ0) is 17.5. The van der Waals surface area contributed by atoms with E-state index in [1.54, 1.807) is 0 Å². The van der Waals surface area contributed by atoms with E-state index in [1.807, 2.05) is 24.3 Å². The van der Waals surface area contributed by atoms with E-state index in [-0.39, 0.29) is 6.79 Å². The molecule has 1 aromatic rings. The summed E-state index contributed by atoms with van der Waals surface area (Å²) in [5, 5.41) is 6.61. The van der Waals surface area contributed by atoms with Gasteiger partial charge < -0.3 is 25.8 Å². The molecule has 0 saturated heterocycles. The van der Waals surface area contributed by atoms with Gasteiger partial charge in [0, 0.05) is 24.8 Å². The van der Waals surface area contributed by atoms with Gasteiger partial charge in [-0.15, -0.1) is 6.58 Å². The van der Waals surface area contributed by atoms with Gasteiger partial charge in [0.15, 0.2) is 17.5 Å². The van der Waals surface area contributed by atoms with E-state index < -0.39 is 0 Å². The Morgan fingerprint density at radius 2 is 2.12 bits per heavy atom. The second-order valence-corrected chi connectivity index (χ2v) is 6.69. The maximum atomic E-state index is 5.84. The lowest BCUT2D eigenvalue weighted by atomic mass is 9.81. The summed E-state index contributed by atoms with van der Waals surface area (Å²) in [5.74, 6) is 3.56. The van der Waals surface area contributed by atoms with E-state index in [2.05, 4.69) is 17.2 Å². The van der Waals surface area contributed by atoms with Gasteiger partial charge in [0.2, 0.25) is 6.79 Å². The van der Waals surface area contributed by atoms with Crippen molar-refractivity contribution in [3.63, 3.8) is 0 Å². The minimum Gasteiger partial charge on any atom is -0.454 e. The highest BCUT2D eigenvalue weighted by Crippen LogP contribution is 2.34. The number of guanidine groups is 1. The molecule has 0 spiro atoms. The molecule has 1 heterocycles. The minimum atomic E-state index is 0.276. The van der Waals surface area contributed by atoms with Crippen LogP contribution >= 0.6 is 0 Å². The van der Waals surface area contributed by atoms with Crippen LogP contribution in [0.25, 0.3) is 0 Å². The Morgan fingerprint density at radius 1 is 1.28 bits per heavy atom. The van der Waals surface area contributed by atoms with Gasteiger partial charge in [-0.25, -0.2) is 0 Å². The molecule has 1 aliphatic heterocycles. The molecule has 4 N–H and O–H groups in total. The smallest absolute Gasteiger partial charge is 0.231 e. The summed E-state index contributed by atoms with van der Waals surface area (Å²) in [6.07, 6.45) is 6.75. The lowest BCUT2D eigenvalue weighted by Crippen LogP contribution is -2.32. The third-order valence-electron chi connectivity index (χ3n) is 4.78. The first kappa shape index (κ1) is 17.6. The Bertz CT molecular complexity index is 617. The summed E-state index contributed by atoms with van der Waals surface area (Å²) >= 11 is 0. The number of hydrogen-bond donors (Lipinski definition) is 3. The zero-order valence-corrected chi connectivity index (χ0v) is 14.7. The van der Waals surface area contributed by atoms with Crippen LogP contribution in [-0.2, 0) is 0 Å². The predicted molar refractivity (Wildman–Crippen MR) is 101 cm³/mol. The molecule has 25 heavy (non-hydrogen) atoms. The van der Waals surface area contributed by atoms with Crippen LogP contribution in [0.3, 0.4) is 0 Å². The number of hydrogen-bond acceptors (Lipinski definition) is 4. The highest BCUT2D eigenvalue weighted by molar-refractivity contribution is 5.94. The molecule has 1 saturated carbocycles. The van der Waals surface area contributed by atoms with Crippen LogP contribution in [0.4, 0.5) is 5.69 Å². The fourth-order valence-electron chi connectivity index (χ4n) is 3.42. The second-order valence-electron chi connectivity index (χ2n) is 6.69. The number of rotatable bonds is 6. The number of benzene rings is 1. The summed E-state index contributed by atoms with van der Waals surface area (Å²) in [6, 6.07) is 5.80. The van der Waals surface area contributed by atoms with Gasteiger partial charge in [0.05, 0.1) is 0 Å². The normalized spacial score (nSPS) is 22.5. The highest BCUT2D eigenvalue weighted by atomic mass is 16.7. The lowest BCUT2D eigenvalue weighted by Gasteiger charge is -2.27. The van der Waals surface area contributed by atoms with E-state index in [0.29, 0.717) is 18.4 Å². The molecule has 3 rings (SSSR count). The first-order valence-electron chi connectivity index (χ1n) is 9.04. The number of fused-ring (bicyclic) bond motifs is 1. The molecular weight excluding hydrogens is 316 g/mol. The van der Waals surface area contributed by atoms with Crippen LogP contribution in [0, 0.1) is 11.8 Å². The lowest BCUT2D eigenvalue weighted by molar-refractivity contribution is 0.174. The number of nitrogens with two attached hydrogens (primary N) is 1. The molecule has 6 heteroatoms. The van der Waals surface area contributed by atoms with Crippen molar-refractivity contribution in [2.45, 2.75) is 25.7 Å². The largest absolute Gasteiger partial charge is 0.454 e. The highest BCUT2D eigenvalue weighted by Gasteiger charge is 2.21. The quantitative estimate of drug-likeness (QED) is 0.420. The zero-order valence-electron chi connectivity index (χ0n) is 14.7. The van der Waals surface area contributed by atoms with Gasteiger partial charge in [-0.1, -0.05) is 12.5 Å². The Balaban J connectivity index is 1.63. The third kappa shape index (κ3) is 4.89. The van der Waals surface area contributed by atoms with Crippen molar-refractivity contribution in [3.8, 4) is 11.5 Å². The molecule has 136 valence electrons. The van der Waals surface area contributed by atoms with Crippen molar-refractivity contribution in [2.24, 2.45) is 22.6 Å². The third-order valence-corrected chi connectivity index (χ3v) is 4.78. The molecule has 1 aromatic carbocycles. The van der Waals surface area contributed by atoms with Crippen LogP contribution in [0.1, 0.15) is 25.7 Å². The molecule has 0 radical (unpaired) electrons. The fraction of sp³-hybridized carbons (Fsp3) is 0.526. The summed E-state index contributed by atoms with van der Waals surface area (Å²) in [6.45, 7) is 6.30. The van der Waals surface area contributed by atoms with Crippen molar-refractivity contribution < 1.29 is 9.47 Å². The molecular formula is C19H28N4O2. The van der Waals surface area contributed by atoms with Crippen molar-refractivity contribution in [1.82, 2.24) is 5.32 Å². The van der Waals surface area contributed by atoms with Crippen molar-refractivity contribution in [3.05, 3.63) is 30.9 Å².